The zero-order chi connectivity index (χ0) is 13.0. The van der Waals surface area contributed by atoms with Crippen molar-refractivity contribution < 1.29 is 13.9 Å². The van der Waals surface area contributed by atoms with Crippen LogP contribution in [0.4, 0.5) is 4.39 Å². The Kier molecular flexibility index (Phi) is 2.17. The van der Waals surface area contributed by atoms with Crippen LogP contribution >= 0.6 is 0 Å². The van der Waals surface area contributed by atoms with E-state index in [2.05, 4.69) is 10.2 Å². The molecule has 2 aliphatic heterocycles. The summed E-state index contributed by atoms with van der Waals surface area (Å²) in [6.45, 7) is 1.11. The van der Waals surface area contributed by atoms with E-state index in [9.17, 15) is 9.18 Å². The Morgan fingerprint density at radius 3 is 3.16 bits per heavy atom. The monoisotopic (exact) mass is 261 g/mol. The average molecular weight is 261 g/mol. The van der Waals surface area contributed by atoms with Crippen LogP contribution < -0.4 is 0 Å². The van der Waals surface area contributed by atoms with E-state index in [0.29, 0.717) is 24.1 Å². The number of aromatic amines is 1. The molecule has 1 aromatic carbocycles. The lowest BCUT2D eigenvalue weighted by atomic mass is 10.1. The molecule has 2 aromatic rings. The smallest absolute Gasteiger partial charge is 0.258 e. The minimum atomic E-state index is -0.498. The fourth-order valence-electron chi connectivity index (χ4n) is 3.00. The van der Waals surface area contributed by atoms with Gasteiger partial charge in [0.1, 0.15) is 5.82 Å². The van der Waals surface area contributed by atoms with Crippen LogP contribution in [-0.4, -0.2) is 46.3 Å². The lowest BCUT2D eigenvalue weighted by Crippen LogP contribution is -2.41. The quantitative estimate of drug-likeness (QED) is 0.842. The van der Waals surface area contributed by atoms with Crippen molar-refractivity contribution in [2.75, 3.05) is 13.2 Å². The van der Waals surface area contributed by atoms with Crippen molar-refractivity contribution in [3.63, 3.8) is 0 Å². The molecule has 6 heteroatoms. The van der Waals surface area contributed by atoms with Gasteiger partial charge in [0.25, 0.3) is 5.91 Å². The summed E-state index contributed by atoms with van der Waals surface area (Å²) in [7, 11) is 0. The third-order valence-electron chi connectivity index (χ3n) is 3.95. The third kappa shape index (κ3) is 1.49. The van der Waals surface area contributed by atoms with E-state index in [-0.39, 0.29) is 23.6 Å². The molecule has 0 aliphatic carbocycles. The van der Waals surface area contributed by atoms with Crippen molar-refractivity contribution in [1.82, 2.24) is 15.1 Å². The van der Waals surface area contributed by atoms with Gasteiger partial charge in [-0.15, -0.1) is 0 Å². The molecule has 2 bridgehead atoms. The molecule has 2 saturated heterocycles. The van der Waals surface area contributed by atoms with Gasteiger partial charge in [-0.1, -0.05) is 0 Å². The second kappa shape index (κ2) is 3.77. The van der Waals surface area contributed by atoms with Gasteiger partial charge in [0.2, 0.25) is 0 Å². The molecule has 1 N–H and O–H groups in total. The molecule has 0 spiro atoms. The highest BCUT2D eigenvalue weighted by molar-refractivity contribution is 6.06. The molecule has 2 aliphatic rings. The topological polar surface area (TPSA) is 58.2 Å². The Hall–Kier alpha value is -1.95. The summed E-state index contributed by atoms with van der Waals surface area (Å²) in [6.07, 6.45) is 2.46. The molecule has 98 valence electrons. The Morgan fingerprint density at radius 2 is 2.42 bits per heavy atom. The number of hydrogen-bond acceptors (Lipinski definition) is 3. The van der Waals surface area contributed by atoms with Crippen LogP contribution in [0.5, 0.6) is 0 Å². The van der Waals surface area contributed by atoms with E-state index in [0.717, 1.165) is 6.42 Å². The Morgan fingerprint density at radius 1 is 1.53 bits per heavy atom. The van der Waals surface area contributed by atoms with Gasteiger partial charge < -0.3 is 9.64 Å². The lowest BCUT2D eigenvalue weighted by molar-refractivity contribution is 0.0257. The number of fused-ring (bicyclic) bond motifs is 3. The number of nitrogens with one attached hydrogen (secondary N) is 1. The highest BCUT2D eigenvalue weighted by atomic mass is 19.1. The first kappa shape index (κ1) is 10.9. The minimum absolute atomic E-state index is 0.0825. The number of nitrogens with zero attached hydrogens (tertiary/aromatic N) is 2. The molecule has 4 rings (SSSR count). The number of benzene rings is 1. The van der Waals surface area contributed by atoms with Crippen LogP contribution in [-0.2, 0) is 4.74 Å². The molecule has 1 aromatic heterocycles. The second-order valence-electron chi connectivity index (χ2n) is 5.06. The SMILES string of the molecule is O=C(c1c(F)ccc2[nH]ncc12)N1C[C@@H]2C[C@H]1CO2. The van der Waals surface area contributed by atoms with Crippen LogP contribution in [0.3, 0.4) is 0 Å². The first-order valence-corrected chi connectivity index (χ1v) is 6.28. The fourth-order valence-corrected chi connectivity index (χ4v) is 3.00. The van der Waals surface area contributed by atoms with E-state index < -0.39 is 5.82 Å². The lowest BCUT2D eigenvalue weighted by Gasteiger charge is -2.27. The zero-order valence-electron chi connectivity index (χ0n) is 10.1. The van der Waals surface area contributed by atoms with Gasteiger partial charge in [0.15, 0.2) is 0 Å². The number of hydrogen-bond donors (Lipinski definition) is 1. The number of halogens is 1. The fraction of sp³-hybridized carbons (Fsp3) is 0.385. The summed E-state index contributed by atoms with van der Waals surface area (Å²) in [6, 6.07) is 2.98. The number of rotatable bonds is 1. The van der Waals surface area contributed by atoms with Gasteiger partial charge in [-0.3, -0.25) is 9.89 Å². The molecular formula is C13H12FN3O2. The van der Waals surface area contributed by atoms with E-state index in [1.165, 1.54) is 12.3 Å². The molecule has 19 heavy (non-hydrogen) atoms. The number of amides is 1. The minimum Gasteiger partial charge on any atom is -0.374 e. The van der Waals surface area contributed by atoms with Crippen LogP contribution in [0.15, 0.2) is 18.3 Å². The highest BCUT2D eigenvalue weighted by Gasteiger charge is 2.42. The number of carbonyl (C=O) groups excluding carboxylic acids is 1. The maximum Gasteiger partial charge on any atom is 0.258 e. The van der Waals surface area contributed by atoms with Crippen molar-refractivity contribution in [3.8, 4) is 0 Å². The van der Waals surface area contributed by atoms with Crippen molar-refractivity contribution in [2.24, 2.45) is 0 Å². The zero-order valence-corrected chi connectivity index (χ0v) is 10.1. The summed E-state index contributed by atoms with van der Waals surface area (Å²) in [4.78, 5) is 14.3. The van der Waals surface area contributed by atoms with E-state index in [4.69, 9.17) is 4.74 Å². The van der Waals surface area contributed by atoms with Crippen LogP contribution in [0, 0.1) is 5.82 Å². The molecule has 1 amide bonds. The van der Waals surface area contributed by atoms with Crippen LogP contribution in [0.2, 0.25) is 0 Å². The Balaban J connectivity index is 1.79. The molecule has 2 atom stereocenters. The summed E-state index contributed by atoms with van der Waals surface area (Å²) < 4.78 is 19.5. The first-order valence-electron chi connectivity index (χ1n) is 6.28. The molecule has 0 radical (unpaired) electrons. The number of likely N-dealkylation sites (tertiary alicyclic amines) is 1. The van der Waals surface area contributed by atoms with Crippen molar-refractivity contribution in [2.45, 2.75) is 18.6 Å². The van der Waals surface area contributed by atoms with Gasteiger partial charge in [-0.05, 0) is 18.6 Å². The molecule has 2 fully saturated rings. The van der Waals surface area contributed by atoms with Crippen molar-refractivity contribution >= 4 is 16.8 Å². The van der Waals surface area contributed by atoms with Gasteiger partial charge >= 0.3 is 0 Å². The molecule has 0 unspecified atom stereocenters. The molecular weight excluding hydrogens is 249 g/mol. The molecule has 5 nitrogen and oxygen atoms in total. The summed E-state index contributed by atoms with van der Waals surface area (Å²) in [5.74, 6) is -0.761. The average Bonchev–Trinajstić information content (AvgIpc) is 3.13. The number of carbonyl (C=O) groups is 1. The molecule has 3 heterocycles. The maximum absolute atomic E-state index is 14.0. The van der Waals surface area contributed by atoms with Gasteiger partial charge in [-0.2, -0.15) is 5.10 Å². The predicted octanol–water partition coefficient (Wildman–Crippen LogP) is 1.32. The summed E-state index contributed by atoms with van der Waals surface area (Å²) >= 11 is 0. The normalized spacial score (nSPS) is 25.4. The van der Waals surface area contributed by atoms with Crippen molar-refractivity contribution in [3.05, 3.63) is 29.7 Å². The van der Waals surface area contributed by atoms with E-state index in [1.54, 1.807) is 11.0 Å². The van der Waals surface area contributed by atoms with Gasteiger partial charge in [-0.25, -0.2) is 4.39 Å². The number of aromatic nitrogens is 2. The summed E-state index contributed by atoms with van der Waals surface area (Å²) in [5, 5.41) is 7.16. The standard InChI is InChI=1S/C13H12FN3O2/c14-10-1-2-11-9(4-15-16-11)12(10)13(18)17-5-8-3-7(17)6-19-8/h1-2,4,7-8H,3,5-6H2,(H,15,16)/t7-,8-/m0/s1. The van der Waals surface area contributed by atoms with Gasteiger partial charge in [0.05, 0.1) is 36.0 Å². The van der Waals surface area contributed by atoms with E-state index in [1.807, 2.05) is 0 Å². The first-order chi connectivity index (χ1) is 9.24. The van der Waals surface area contributed by atoms with Gasteiger partial charge in [0, 0.05) is 11.9 Å². The maximum atomic E-state index is 14.0. The number of ether oxygens (including phenoxy) is 1. The second-order valence-corrected chi connectivity index (χ2v) is 5.06. The largest absolute Gasteiger partial charge is 0.374 e. The highest BCUT2D eigenvalue weighted by Crippen LogP contribution is 2.31. The van der Waals surface area contributed by atoms with Crippen molar-refractivity contribution in [1.29, 1.82) is 0 Å². The number of H-pyrrole nitrogens is 1. The Labute approximate surface area is 108 Å². The third-order valence-corrected chi connectivity index (χ3v) is 3.95. The Bertz CT molecular complexity index is 669. The van der Waals surface area contributed by atoms with Crippen LogP contribution in [0.1, 0.15) is 16.8 Å². The predicted molar refractivity (Wildman–Crippen MR) is 65.2 cm³/mol. The molecule has 0 saturated carbocycles. The van der Waals surface area contributed by atoms with E-state index >= 15 is 0 Å². The van der Waals surface area contributed by atoms with Crippen LogP contribution in [0.25, 0.3) is 10.9 Å². The summed E-state index contributed by atoms with van der Waals surface area (Å²) in [5.41, 5.74) is 0.782. The number of morpholine rings is 1.